The Balaban J connectivity index is 2.20. The molecule has 1 aliphatic rings. The predicted molar refractivity (Wildman–Crippen MR) is 68.7 cm³/mol. The van der Waals surface area contributed by atoms with Gasteiger partial charge in [0.1, 0.15) is 11.6 Å². The van der Waals surface area contributed by atoms with Crippen molar-refractivity contribution in [2.24, 2.45) is 5.92 Å². The third-order valence-electron chi connectivity index (χ3n) is 3.33. The molecule has 5 nitrogen and oxygen atoms in total. The number of aryl methyl sites for hydroxylation is 2. The van der Waals surface area contributed by atoms with E-state index < -0.39 is 5.97 Å². The second-order valence-electron chi connectivity index (χ2n) is 4.74. The lowest BCUT2D eigenvalue weighted by atomic mass is 9.98. The van der Waals surface area contributed by atoms with Crippen LogP contribution in [0.25, 0.3) is 0 Å². The van der Waals surface area contributed by atoms with Gasteiger partial charge in [0.25, 0.3) is 0 Å². The molecule has 0 aliphatic carbocycles. The van der Waals surface area contributed by atoms with Crippen LogP contribution in [-0.4, -0.2) is 34.1 Å². The molecule has 98 valence electrons. The Morgan fingerprint density at radius 2 is 2.33 bits per heavy atom. The highest BCUT2D eigenvalue weighted by Crippen LogP contribution is 2.22. The van der Waals surface area contributed by atoms with E-state index in [2.05, 4.69) is 21.8 Å². The number of piperidine rings is 1. The molecule has 0 radical (unpaired) electrons. The number of nitrogens with zero attached hydrogens (tertiary/aromatic N) is 3. The van der Waals surface area contributed by atoms with Crippen molar-refractivity contribution < 1.29 is 9.90 Å². The molecule has 2 rings (SSSR count). The average molecular weight is 249 g/mol. The Labute approximate surface area is 107 Å². The van der Waals surface area contributed by atoms with Crippen LogP contribution in [0, 0.1) is 12.8 Å². The minimum atomic E-state index is -0.707. The third-order valence-corrected chi connectivity index (χ3v) is 3.33. The third kappa shape index (κ3) is 2.78. The quantitative estimate of drug-likeness (QED) is 0.882. The molecule has 5 heteroatoms. The van der Waals surface area contributed by atoms with Crippen molar-refractivity contribution in [3.8, 4) is 0 Å². The summed E-state index contributed by atoms with van der Waals surface area (Å²) in [7, 11) is 0. The fourth-order valence-electron chi connectivity index (χ4n) is 2.34. The molecule has 2 heterocycles. The van der Waals surface area contributed by atoms with Gasteiger partial charge in [-0.1, -0.05) is 6.92 Å². The molecule has 1 aromatic rings. The summed E-state index contributed by atoms with van der Waals surface area (Å²) in [5.41, 5.74) is 1.01. The van der Waals surface area contributed by atoms with Crippen molar-refractivity contribution in [1.29, 1.82) is 0 Å². The van der Waals surface area contributed by atoms with E-state index in [1.807, 2.05) is 13.0 Å². The first-order valence-corrected chi connectivity index (χ1v) is 6.42. The van der Waals surface area contributed by atoms with Crippen molar-refractivity contribution in [3.63, 3.8) is 0 Å². The fourth-order valence-corrected chi connectivity index (χ4v) is 2.34. The van der Waals surface area contributed by atoms with Crippen LogP contribution in [0.4, 0.5) is 5.82 Å². The molecule has 0 amide bonds. The second kappa shape index (κ2) is 5.33. The summed E-state index contributed by atoms with van der Waals surface area (Å²) < 4.78 is 0. The van der Waals surface area contributed by atoms with Crippen LogP contribution in [-0.2, 0) is 11.2 Å². The largest absolute Gasteiger partial charge is 0.481 e. The molecular weight excluding hydrogens is 230 g/mol. The number of carbonyl (C=O) groups is 1. The normalized spacial score (nSPS) is 19.9. The van der Waals surface area contributed by atoms with Gasteiger partial charge in [-0.2, -0.15) is 0 Å². The second-order valence-corrected chi connectivity index (χ2v) is 4.74. The van der Waals surface area contributed by atoms with Gasteiger partial charge in [0.15, 0.2) is 0 Å². The Bertz CT molecular complexity index is 448. The number of rotatable bonds is 3. The maximum atomic E-state index is 11.1. The maximum Gasteiger partial charge on any atom is 0.308 e. The highest BCUT2D eigenvalue weighted by Gasteiger charge is 2.26. The van der Waals surface area contributed by atoms with Crippen molar-refractivity contribution in [3.05, 3.63) is 17.6 Å². The summed E-state index contributed by atoms with van der Waals surface area (Å²) in [5, 5.41) is 9.10. The standard InChI is InChI=1S/C13H19N3O2/c1-3-11-7-12(15-9(2)14-11)16-6-4-5-10(8-16)13(17)18/h7,10H,3-6,8H2,1-2H3,(H,17,18). The lowest BCUT2D eigenvalue weighted by molar-refractivity contribution is -0.141. The zero-order valence-corrected chi connectivity index (χ0v) is 10.9. The van der Waals surface area contributed by atoms with Crippen LogP contribution in [0.5, 0.6) is 0 Å². The van der Waals surface area contributed by atoms with Crippen LogP contribution < -0.4 is 4.90 Å². The van der Waals surface area contributed by atoms with Crippen LogP contribution in [0.3, 0.4) is 0 Å². The van der Waals surface area contributed by atoms with Gasteiger partial charge in [0, 0.05) is 24.8 Å². The van der Waals surface area contributed by atoms with Gasteiger partial charge in [-0.05, 0) is 26.2 Å². The number of carboxylic acid groups (broad SMARTS) is 1. The van der Waals surface area contributed by atoms with Crippen LogP contribution in [0.1, 0.15) is 31.3 Å². The molecule has 1 unspecified atom stereocenters. The zero-order valence-electron chi connectivity index (χ0n) is 10.9. The minimum absolute atomic E-state index is 0.279. The molecule has 0 saturated carbocycles. The first-order chi connectivity index (χ1) is 8.60. The van der Waals surface area contributed by atoms with Gasteiger partial charge in [0.2, 0.25) is 0 Å². The molecule has 1 saturated heterocycles. The smallest absolute Gasteiger partial charge is 0.308 e. The van der Waals surface area contributed by atoms with Crippen LogP contribution in [0.2, 0.25) is 0 Å². The van der Waals surface area contributed by atoms with Crippen LogP contribution >= 0.6 is 0 Å². The maximum absolute atomic E-state index is 11.1. The molecule has 18 heavy (non-hydrogen) atoms. The van der Waals surface area contributed by atoms with Gasteiger partial charge in [-0.25, -0.2) is 9.97 Å². The summed E-state index contributed by atoms with van der Waals surface area (Å²) in [6.45, 7) is 5.36. The summed E-state index contributed by atoms with van der Waals surface area (Å²) in [6, 6.07) is 1.97. The van der Waals surface area contributed by atoms with E-state index in [4.69, 9.17) is 5.11 Å². The van der Waals surface area contributed by atoms with Gasteiger partial charge >= 0.3 is 5.97 Å². The Kier molecular flexibility index (Phi) is 3.79. The number of carboxylic acids is 1. The van der Waals surface area contributed by atoms with Crippen LogP contribution in [0.15, 0.2) is 6.07 Å². The molecule has 1 aliphatic heterocycles. The van der Waals surface area contributed by atoms with E-state index in [-0.39, 0.29) is 5.92 Å². The lowest BCUT2D eigenvalue weighted by Crippen LogP contribution is -2.39. The van der Waals surface area contributed by atoms with E-state index >= 15 is 0 Å². The topological polar surface area (TPSA) is 66.3 Å². The molecule has 1 aromatic heterocycles. The first-order valence-electron chi connectivity index (χ1n) is 6.42. The Hall–Kier alpha value is -1.65. The van der Waals surface area contributed by atoms with Crippen molar-refractivity contribution in [2.75, 3.05) is 18.0 Å². The number of anilines is 1. The average Bonchev–Trinajstić information content (AvgIpc) is 2.38. The first kappa shape index (κ1) is 12.8. The summed E-state index contributed by atoms with van der Waals surface area (Å²) >= 11 is 0. The molecule has 1 fully saturated rings. The Morgan fingerprint density at radius 3 is 3.00 bits per heavy atom. The van der Waals surface area contributed by atoms with E-state index in [0.29, 0.717) is 6.54 Å². The SMILES string of the molecule is CCc1cc(N2CCCC(C(=O)O)C2)nc(C)n1. The highest BCUT2D eigenvalue weighted by molar-refractivity contribution is 5.71. The Morgan fingerprint density at radius 1 is 1.56 bits per heavy atom. The molecular formula is C13H19N3O2. The highest BCUT2D eigenvalue weighted by atomic mass is 16.4. The van der Waals surface area contributed by atoms with E-state index in [1.165, 1.54) is 0 Å². The summed E-state index contributed by atoms with van der Waals surface area (Å²) in [6.07, 6.45) is 2.53. The minimum Gasteiger partial charge on any atom is -0.481 e. The number of aromatic nitrogens is 2. The van der Waals surface area contributed by atoms with Gasteiger partial charge in [0.05, 0.1) is 5.92 Å². The van der Waals surface area contributed by atoms with Crippen molar-refractivity contribution in [2.45, 2.75) is 33.1 Å². The number of hydrogen-bond donors (Lipinski definition) is 1. The van der Waals surface area contributed by atoms with Gasteiger partial charge < -0.3 is 10.0 Å². The predicted octanol–water partition coefficient (Wildman–Crippen LogP) is 1.65. The van der Waals surface area contributed by atoms with Gasteiger partial charge in [-0.15, -0.1) is 0 Å². The lowest BCUT2D eigenvalue weighted by Gasteiger charge is -2.31. The van der Waals surface area contributed by atoms with Crippen molar-refractivity contribution >= 4 is 11.8 Å². The molecule has 1 N–H and O–H groups in total. The van der Waals surface area contributed by atoms with Crippen molar-refractivity contribution in [1.82, 2.24) is 9.97 Å². The zero-order chi connectivity index (χ0) is 13.1. The molecule has 1 atom stereocenters. The fraction of sp³-hybridized carbons (Fsp3) is 0.615. The molecule has 0 spiro atoms. The van der Waals surface area contributed by atoms with E-state index in [0.717, 1.165) is 43.1 Å². The van der Waals surface area contributed by atoms with Gasteiger partial charge in [-0.3, -0.25) is 4.79 Å². The molecule has 0 aromatic carbocycles. The van der Waals surface area contributed by atoms with E-state index in [1.54, 1.807) is 0 Å². The van der Waals surface area contributed by atoms with E-state index in [9.17, 15) is 4.79 Å². The molecule has 0 bridgehead atoms. The number of hydrogen-bond acceptors (Lipinski definition) is 4. The number of aliphatic carboxylic acids is 1. The summed E-state index contributed by atoms with van der Waals surface area (Å²) in [4.78, 5) is 21.9. The monoisotopic (exact) mass is 249 g/mol. The summed E-state index contributed by atoms with van der Waals surface area (Å²) in [5.74, 6) is 0.632.